The standard InChI is InChI=1S/C24H34N6O6/c1-13(2)20(23(34)29-18(24(35)36)9-15-7-5-4-6-8-15)30-21(32)17(10-16-11-26-12-27-16)28-22(33)19(25)14(3)31/h4-8,11-14,17-20,31H,9-10,25H2,1-3H3,(H,26,27)(H,28,33)(H,29,34)(H,30,32)(H,35,36). The highest BCUT2D eigenvalue weighted by Crippen LogP contribution is 2.08. The number of H-pyrrole nitrogens is 1. The summed E-state index contributed by atoms with van der Waals surface area (Å²) in [5.41, 5.74) is 6.96. The molecule has 36 heavy (non-hydrogen) atoms. The topological polar surface area (TPSA) is 200 Å². The Morgan fingerprint density at radius 3 is 2.11 bits per heavy atom. The lowest BCUT2D eigenvalue weighted by Gasteiger charge is -2.27. The minimum Gasteiger partial charge on any atom is -0.480 e. The first-order chi connectivity index (χ1) is 17.0. The minimum atomic E-state index is -1.26. The number of hydrogen-bond donors (Lipinski definition) is 7. The predicted molar refractivity (Wildman–Crippen MR) is 130 cm³/mol. The predicted octanol–water partition coefficient (Wildman–Crippen LogP) is -0.902. The van der Waals surface area contributed by atoms with Gasteiger partial charge in [0.25, 0.3) is 0 Å². The van der Waals surface area contributed by atoms with E-state index in [2.05, 4.69) is 25.9 Å². The van der Waals surface area contributed by atoms with Crippen molar-refractivity contribution in [2.24, 2.45) is 11.7 Å². The molecule has 2 aromatic rings. The van der Waals surface area contributed by atoms with Crippen LogP contribution in [0, 0.1) is 5.92 Å². The molecule has 0 aliphatic carbocycles. The number of aliphatic carboxylic acids is 1. The molecule has 3 amide bonds. The molecule has 1 aromatic carbocycles. The number of imidazole rings is 1. The molecule has 12 heteroatoms. The van der Waals surface area contributed by atoms with Crippen LogP contribution in [0.4, 0.5) is 0 Å². The van der Waals surface area contributed by atoms with Gasteiger partial charge in [-0.2, -0.15) is 0 Å². The molecule has 0 bridgehead atoms. The van der Waals surface area contributed by atoms with E-state index in [4.69, 9.17) is 5.73 Å². The highest BCUT2D eigenvalue weighted by atomic mass is 16.4. The molecule has 0 saturated heterocycles. The molecule has 0 aliphatic rings. The summed E-state index contributed by atoms with van der Waals surface area (Å²) in [6, 6.07) is 4.15. The van der Waals surface area contributed by atoms with Crippen LogP contribution in [0.25, 0.3) is 0 Å². The number of hydrogen-bond acceptors (Lipinski definition) is 7. The maximum Gasteiger partial charge on any atom is 0.326 e. The molecular formula is C24H34N6O6. The number of aliphatic hydroxyl groups excluding tert-OH is 1. The van der Waals surface area contributed by atoms with E-state index in [1.54, 1.807) is 44.2 Å². The zero-order valence-corrected chi connectivity index (χ0v) is 20.5. The Bertz CT molecular complexity index is 1010. The number of carboxylic acid groups (broad SMARTS) is 1. The second kappa shape index (κ2) is 13.4. The summed E-state index contributed by atoms with van der Waals surface area (Å²) in [5.74, 6) is -3.71. The number of aromatic nitrogens is 2. The molecule has 196 valence electrons. The number of nitrogens with zero attached hydrogens (tertiary/aromatic N) is 1. The zero-order valence-electron chi connectivity index (χ0n) is 20.5. The van der Waals surface area contributed by atoms with Crippen LogP contribution in [0.2, 0.25) is 0 Å². The maximum absolute atomic E-state index is 13.2. The van der Waals surface area contributed by atoms with E-state index in [0.29, 0.717) is 5.69 Å². The van der Waals surface area contributed by atoms with Crippen molar-refractivity contribution in [3.63, 3.8) is 0 Å². The number of aromatic amines is 1. The van der Waals surface area contributed by atoms with Crippen LogP contribution in [0.1, 0.15) is 32.0 Å². The fraction of sp³-hybridized carbons (Fsp3) is 0.458. The first-order valence-electron chi connectivity index (χ1n) is 11.6. The molecule has 1 heterocycles. The van der Waals surface area contributed by atoms with E-state index >= 15 is 0 Å². The van der Waals surface area contributed by atoms with Gasteiger partial charge >= 0.3 is 5.97 Å². The summed E-state index contributed by atoms with van der Waals surface area (Å²) in [4.78, 5) is 57.2. The quantitative estimate of drug-likeness (QED) is 0.183. The first-order valence-corrected chi connectivity index (χ1v) is 11.6. The van der Waals surface area contributed by atoms with Gasteiger partial charge in [-0.25, -0.2) is 9.78 Å². The number of carbonyl (C=O) groups excluding carboxylic acids is 3. The summed E-state index contributed by atoms with van der Waals surface area (Å²) in [5, 5.41) is 26.9. The molecule has 5 unspecified atom stereocenters. The van der Waals surface area contributed by atoms with E-state index in [1.165, 1.54) is 19.4 Å². The van der Waals surface area contributed by atoms with Crippen LogP contribution in [0.3, 0.4) is 0 Å². The van der Waals surface area contributed by atoms with Crippen molar-refractivity contribution in [1.29, 1.82) is 0 Å². The van der Waals surface area contributed by atoms with Crippen LogP contribution in [-0.4, -0.2) is 74.1 Å². The Morgan fingerprint density at radius 1 is 0.944 bits per heavy atom. The summed E-state index contributed by atoms with van der Waals surface area (Å²) >= 11 is 0. The van der Waals surface area contributed by atoms with E-state index in [-0.39, 0.29) is 12.8 Å². The van der Waals surface area contributed by atoms with E-state index in [9.17, 15) is 29.4 Å². The lowest BCUT2D eigenvalue weighted by Crippen LogP contribution is -2.59. The van der Waals surface area contributed by atoms with Gasteiger partial charge in [0, 0.05) is 24.7 Å². The van der Waals surface area contributed by atoms with Gasteiger partial charge in [0.2, 0.25) is 17.7 Å². The summed E-state index contributed by atoms with van der Waals surface area (Å²) in [7, 11) is 0. The van der Waals surface area contributed by atoms with Crippen LogP contribution >= 0.6 is 0 Å². The Balaban J connectivity index is 2.16. The average molecular weight is 503 g/mol. The summed E-state index contributed by atoms with van der Waals surface area (Å²) in [6.07, 6.45) is 1.83. The van der Waals surface area contributed by atoms with Crippen molar-refractivity contribution < 1.29 is 29.4 Å². The van der Waals surface area contributed by atoms with E-state index in [1.807, 2.05) is 0 Å². The molecule has 0 radical (unpaired) electrons. The van der Waals surface area contributed by atoms with E-state index in [0.717, 1.165) is 5.56 Å². The second-order valence-corrected chi connectivity index (χ2v) is 8.93. The van der Waals surface area contributed by atoms with Crippen LogP contribution in [-0.2, 0) is 32.0 Å². The van der Waals surface area contributed by atoms with Crippen LogP contribution < -0.4 is 21.7 Å². The Hall–Kier alpha value is -3.77. The monoisotopic (exact) mass is 502 g/mol. The zero-order chi connectivity index (χ0) is 26.8. The Kier molecular flexibility index (Phi) is 10.6. The Labute approximate surface area is 209 Å². The van der Waals surface area contributed by atoms with Crippen molar-refractivity contribution >= 4 is 23.7 Å². The lowest BCUT2D eigenvalue weighted by atomic mass is 10.0. The number of nitrogens with one attached hydrogen (secondary N) is 4. The molecule has 8 N–H and O–H groups in total. The van der Waals surface area contributed by atoms with Crippen molar-refractivity contribution in [2.75, 3.05) is 0 Å². The van der Waals surface area contributed by atoms with Gasteiger partial charge < -0.3 is 36.9 Å². The van der Waals surface area contributed by atoms with Gasteiger partial charge in [0.15, 0.2) is 0 Å². The van der Waals surface area contributed by atoms with Gasteiger partial charge in [0.05, 0.1) is 12.4 Å². The number of carboxylic acids is 1. The largest absolute Gasteiger partial charge is 0.480 e. The molecule has 0 aliphatic heterocycles. The molecular weight excluding hydrogens is 468 g/mol. The smallest absolute Gasteiger partial charge is 0.326 e. The number of aliphatic hydroxyl groups is 1. The van der Waals surface area contributed by atoms with Gasteiger partial charge in [-0.05, 0) is 18.4 Å². The van der Waals surface area contributed by atoms with Crippen molar-refractivity contribution in [2.45, 2.75) is 63.9 Å². The van der Waals surface area contributed by atoms with Gasteiger partial charge in [-0.3, -0.25) is 14.4 Å². The maximum atomic E-state index is 13.2. The summed E-state index contributed by atoms with van der Waals surface area (Å²) < 4.78 is 0. The molecule has 12 nitrogen and oxygen atoms in total. The van der Waals surface area contributed by atoms with Gasteiger partial charge in [-0.15, -0.1) is 0 Å². The normalized spacial score (nSPS) is 15.3. The van der Waals surface area contributed by atoms with Crippen LogP contribution in [0.5, 0.6) is 0 Å². The summed E-state index contributed by atoms with van der Waals surface area (Å²) in [6.45, 7) is 4.74. The third-order valence-corrected chi connectivity index (χ3v) is 5.58. The molecule has 1 aromatic heterocycles. The molecule has 0 fully saturated rings. The number of rotatable bonds is 13. The number of amides is 3. The van der Waals surface area contributed by atoms with Crippen molar-refractivity contribution in [3.8, 4) is 0 Å². The number of benzene rings is 1. The van der Waals surface area contributed by atoms with Crippen LogP contribution in [0.15, 0.2) is 42.9 Å². The SMILES string of the molecule is CC(C)C(NC(=O)C(Cc1cnc[nH]1)NC(=O)C(N)C(C)O)C(=O)NC(Cc1ccccc1)C(=O)O. The molecule has 0 spiro atoms. The molecule has 2 rings (SSSR count). The Morgan fingerprint density at radius 2 is 1.58 bits per heavy atom. The van der Waals surface area contributed by atoms with Crippen molar-refractivity contribution in [3.05, 3.63) is 54.1 Å². The number of carbonyl (C=O) groups is 4. The van der Waals surface area contributed by atoms with Crippen molar-refractivity contribution in [1.82, 2.24) is 25.9 Å². The highest BCUT2D eigenvalue weighted by molar-refractivity contribution is 5.94. The third-order valence-electron chi connectivity index (χ3n) is 5.58. The second-order valence-electron chi connectivity index (χ2n) is 8.93. The van der Waals surface area contributed by atoms with E-state index < -0.39 is 59.9 Å². The first kappa shape index (κ1) is 28.5. The van der Waals surface area contributed by atoms with Gasteiger partial charge in [0.1, 0.15) is 24.2 Å². The number of nitrogens with two attached hydrogens (primary N) is 1. The lowest BCUT2D eigenvalue weighted by molar-refractivity contribution is -0.142. The molecule has 0 saturated carbocycles. The fourth-order valence-electron chi connectivity index (χ4n) is 3.41. The minimum absolute atomic E-state index is 0.0162. The fourth-order valence-corrected chi connectivity index (χ4v) is 3.41. The third kappa shape index (κ3) is 8.47. The highest BCUT2D eigenvalue weighted by Gasteiger charge is 2.32. The molecule has 5 atom stereocenters. The average Bonchev–Trinajstić information content (AvgIpc) is 3.34. The van der Waals surface area contributed by atoms with Gasteiger partial charge in [-0.1, -0.05) is 44.2 Å².